The number of nitrogens with zero attached hydrogens (tertiary/aromatic N) is 6. The summed E-state index contributed by atoms with van der Waals surface area (Å²) in [5.41, 5.74) is 17.6. The van der Waals surface area contributed by atoms with Crippen molar-refractivity contribution in [2.24, 2.45) is 29.4 Å². The molecule has 7 aromatic rings. The number of methoxy groups -OCH3 is 2. The Balaban J connectivity index is 0.000000199. The highest BCUT2D eigenvalue weighted by atomic mass is 16.5. The van der Waals surface area contributed by atoms with Gasteiger partial charge in [-0.15, -0.1) is 0 Å². The molecule has 11 rings (SSSR count). The quantitative estimate of drug-likeness (QED) is 0.0571. The van der Waals surface area contributed by atoms with Crippen molar-refractivity contribution < 1.29 is 38.2 Å². The summed E-state index contributed by atoms with van der Waals surface area (Å²) in [4.78, 5) is 83.9. The normalized spacial score (nSPS) is 19.1. The topological polar surface area (TPSA) is 209 Å². The number of carbonyl (C=O) groups is 5. The van der Waals surface area contributed by atoms with Crippen molar-refractivity contribution in [2.75, 3.05) is 40.4 Å². The van der Waals surface area contributed by atoms with Crippen LogP contribution in [0.1, 0.15) is 118 Å². The van der Waals surface area contributed by atoms with Gasteiger partial charge in [-0.3, -0.25) is 19.2 Å². The standard InChI is InChI=1S/C40H44N4O5.C32H38N4O3/c1-3-27-9-13-30(14-10-27)31-17-19-32(20-18-31)34-22-41-37(42-23-34)33-15-11-28(12-16-33)21-36(38(45)44-24-35(25-44)39(46)48-2)43-40(47)49-26-29-7-5-4-6-8-29;1-3-21-4-8-23(9-5-21)24-12-14-25(15-13-24)27-17-34-30(35-18-27)26-10-6-22(7-11-26)16-29(33)31(37)36-19-28(20-36)32(38)39-2/h4-8,11-12,15-20,22-23,27,30,35-36H,3,9-10,13-14,21,24-26H2,1-2H3,(H,43,47);6-7,10-15,17-18,21,23,28-29H,3-5,8-9,16,19-20,33H2,1-2H3/t27?,30?,36-;21?,23?,29-/m00/s1. The zero-order valence-electron chi connectivity index (χ0n) is 51.1. The Labute approximate surface area is 517 Å². The lowest BCUT2D eigenvalue weighted by molar-refractivity contribution is -0.157. The molecule has 2 saturated heterocycles. The highest BCUT2D eigenvalue weighted by Crippen LogP contribution is 2.39. The average Bonchev–Trinajstić information content (AvgIpc) is 3.62. The van der Waals surface area contributed by atoms with E-state index >= 15 is 0 Å². The molecule has 16 nitrogen and oxygen atoms in total. The molecule has 5 aromatic carbocycles. The molecule has 2 atom stereocenters. The summed E-state index contributed by atoms with van der Waals surface area (Å²) in [6.45, 7) is 5.93. The minimum atomic E-state index is -0.874. The van der Waals surface area contributed by atoms with Gasteiger partial charge < -0.3 is 35.1 Å². The van der Waals surface area contributed by atoms with Gasteiger partial charge in [-0.2, -0.15) is 0 Å². The molecule has 0 bridgehead atoms. The molecule has 4 fully saturated rings. The first-order chi connectivity index (χ1) is 42.8. The first kappa shape index (κ1) is 62.4. The second-order valence-corrected chi connectivity index (χ2v) is 24.2. The summed E-state index contributed by atoms with van der Waals surface area (Å²) in [7, 11) is 2.69. The second kappa shape index (κ2) is 29.8. The van der Waals surface area contributed by atoms with E-state index in [2.05, 4.69) is 87.6 Å². The molecule has 0 radical (unpaired) electrons. The van der Waals surface area contributed by atoms with Crippen LogP contribution in [0.5, 0.6) is 0 Å². The third-order valence-electron chi connectivity index (χ3n) is 18.5. The van der Waals surface area contributed by atoms with Crippen molar-refractivity contribution in [1.29, 1.82) is 0 Å². The Bertz CT molecular complexity index is 3410. The third kappa shape index (κ3) is 15.9. The molecular weight excluding hydrogens is 1100 g/mol. The summed E-state index contributed by atoms with van der Waals surface area (Å²) in [5.74, 6) is 2.74. The zero-order chi connectivity index (χ0) is 61.5. The average molecular weight is 1190 g/mol. The monoisotopic (exact) mass is 1190 g/mol. The first-order valence-electron chi connectivity index (χ1n) is 31.3. The Morgan fingerprint density at radius 1 is 0.489 bits per heavy atom. The number of alkyl carbamates (subject to hydrolysis) is 1. The number of esters is 2. The van der Waals surface area contributed by atoms with Gasteiger partial charge in [-0.25, -0.2) is 24.7 Å². The van der Waals surface area contributed by atoms with Gasteiger partial charge in [-0.05, 0) is 120 Å². The summed E-state index contributed by atoms with van der Waals surface area (Å²) < 4.78 is 14.9. The first-order valence-corrected chi connectivity index (χ1v) is 31.3. The van der Waals surface area contributed by atoms with E-state index in [1.54, 1.807) is 9.80 Å². The van der Waals surface area contributed by atoms with Crippen LogP contribution in [0.4, 0.5) is 4.79 Å². The number of amides is 3. The van der Waals surface area contributed by atoms with Crippen LogP contribution < -0.4 is 11.1 Å². The fraction of sp³-hybridized carbons (Fsp3) is 0.403. The maximum Gasteiger partial charge on any atom is 0.408 e. The van der Waals surface area contributed by atoms with Crippen LogP contribution >= 0.6 is 0 Å². The minimum Gasteiger partial charge on any atom is -0.469 e. The van der Waals surface area contributed by atoms with Gasteiger partial charge in [-0.1, -0.05) is 154 Å². The van der Waals surface area contributed by atoms with Crippen LogP contribution in [0.15, 0.2) is 152 Å². The minimum absolute atomic E-state index is 0.0838. The fourth-order valence-electron chi connectivity index (χ4n) is 12.6. The van der Waals surface area contributed by atoms with E-state index in [-0.39, 0.29) is 61.7 Å². The lowest BCUT2D eigenvalue weighted by atomic mass is 9.78. The molecule has 458 valence electrons. The summed E-state index contributed by atoms with van der Waals surface area (Å²) in [6.07, 6.45) is 20.5. The Kier molecular flexibility index (Phi) is 21.2. The molecule has 88 heavy (non-hydrogen) atoms. The highest BCUT2D eigenvalue weighted by Gasteiger charge is 2.40. The highest BCUT2D eigenvalue weighted by molar-refractivity contribution is 5.88. The Morgan fingerprint density at radius 2 is 0.886 bits per heavy atom. The molecule has 3 N–H and O–H groups in total. The number of hydrogen-bond donors (Lipinski definition) is 2. The van der Waals surface area contributed by atoms with Crippen molar-refractivity contribution >= 4 is 29.8 Å². The molecule has 2 saturated carbocycles. The van der Waals surface area contributed by atoms with Gasteiger partial charge in [0, 0.05) is 79.6 Å². The maximum absolute atomic E-state index is 13.4. The summed E-state index contributed by atoms with van der Waals surface area (Å²) in [5, 5.41) is 2.74. The van der Waals surface area contributed by atoms with Crippen molar-refractivity contribution in [3.05, 3.63) is 180 Å². The number of benzene rings is 5. The molecule has 2 aromatic heterocycles. The van der Waals surface area contributed by atoms with E-state index < -0.39 is 18.2 Å². The van der Waals surface area contributed by atoms with Gasteiger partial charge in [0.05, 0.1) is 32.1 Å². The molecule has 0 unspecified atom stereocenters. The molecule has 2 aliphatic carbocycles. The van der Waals surface area contributed by atoms with Crippen molar-refractivity contribution in [1.82, 2.24) is 35.1 Å². The van der Waals surface area contributed by atoms with Crippen LogP contribution in [0.3, 0.4) is 0 Å². The van der Waals surface area contributed by atoms with E-state index in [1.807, 2.05) is 104 Å². The van der Waals surface area contributed by atoms with Gasteiger partial charge in [0.2, 0.25) is 11.8 Å². The van der Waals surface area contributed by atoms with E-state index in [0.717, 1.165) is 61.9 Å². The van der Waals surface area contributed by atoms with Crippen molar-refractivity contribution in [3.8, 4) is 45.0 Å². The Morgan fingerprint density at radius 3 is 1.30 bits per heavy atom. The van der Waals surface area contributed by atoms with Crippen LogP contribution in [-0.4, -0.2) is 112 Å². The zero-order valence-corrected chi connectivity index (χ0v) is 51.1. The molecule has 4 aliphatic rings. The number of carbonyl (C=O) groups excluding carboxylic acids is 5. The van der Waals surface area contributed by atoms with E-state index in [9.17, 15) is 24.0 Å². The molecule has 3 amide bonds. The molecule has 2 aliphatic heterocycles. The smallest absolute Gasteiger partial charge is 0.408 e. The van der Waals surface area contributed by atoms with Gasteiger partial charge in [0.15, 0.2) is 11.6 Å². The van der Waals surface area contributed by atoms with Crippen molar-refractivity contribution in [3.63, 3.8) is 0 Å². The predicted molar refractivity (Wildman–Crippen MR) is 339 cm³/mol. The molecule has 4 heterocycles. The lowest BCUT2D eigenvalue weighted by Crippen LogP contribution is -2.59. The van der Waals surface area contributed by atoms with E-state index in [0.29, 0.717) is 43.0 Å². The fourth-order valence-corrected chi connectivity index (χ4v) is 12.6. The number of aromatic nitrogens is 4. The number of likely N-dealkylation sites (tertiary alicyclic amines) is 2. The lowest BCUT2D eigenvalue weighted by Gasteiger charge is -2.39. The maximum atomic E-state index is 13.4. The largest absolute Gasteiger partial charge is 0.469 e. The van der Waals surface area contributed by atoms with Gasteiger partial charge in [0.1, 0.15) is 12.6 Å². The van der Waals surface area contributed by atoms with Crippen LogP contribution in [0.2, 0.25) is 0 Å². The number of rotatable bonds is 19. The second-order valence-electron chi connectivity index (χ2n) is 24.2. The van der Waals surface area contributed by atoms with Crippen LogP contribution in [-0.2, 0) is 52.8 Å². The number of ether oxygens (including phenoxy) is 3. The van der Waals surface area contributed by atoms with Crippen LogP contribution in [0.25, 0.3) is 45.0 Å². The van der Waals surface area contributed by atoms with E-state index in [4.69, 9.17) is 19.9 Å². The molecule has 16 heteroatoms. The van der Waals surface area contributed by atoms with E-state index in [1.165, 1.54) is 89.6 Å². The SMILES string of the molecule is CCC1CCC(c2ccc(-c3cnc(-c4ccc(C[C@H](N)C(=O)N5CC(C(=O)OC)C5)cc4)nc3)cc2)CC1.CCC1CCC(c2ccc(-c3cnc(-c4ccc(C[C@H](NC(=O)OCc5ccccc5)C(=O)N5CC(C(=O)OC)C5)cc4)nc3)cc2)CC1. The van der Waals surface area contributed by atoms with Gasteiger partial charge >= 0.3 is 18.0 Å². The predicted octanol–water partition coefficient (Wildman–Crippen LogP) is 12.0. The summed E-state index contributed by atoms with van der Waals surface area (Å²) >= 11 is 0. The number of nitrogens with one attached hydrogen (secondary N) is 1. The third-order valence-corrected chi connectivity index (χ3v) is 18.5. The number of hydrogen-bond acceptors (Lipinski definition) is 13. The number of nitrogens with two attached hydrogens (primary N) is 1. The Hall–Kier alpha value is -8.63. The van der Waals surface area contributed by atoms with Gasteiger partial charge in [0.25, 0.3) is 0 Å². The van der Waals surface area contributed by atoms with Crippen LogP contribution in [0, 0.1) is 23.7 Å². The van der Waals surface area contributed by atoms with Crippen molar-refractivity contribution in [2.45, 2.75) is 121 Å². The molecular formula is C72H82N8O8. The summed E-state index contributed by atoms with van der Waals surface area (Å²) in [6, 6.07) is 41.1. The molecule has 0 spiro atoms.